The molecule has 0 aliphatic rings. The van der Waals surface area contributed by atoms with Crippen LogP contribution in [0, 0.1) is 13.8 Å². The Kier molecular flexibility index (Phi) is 3.55. The van der Waals surface area contributed by atoms with Crippen LogP contribution in [0.25, 0.3) is 0 Å². The lowest BCUT2D eigenvalue weighted by atomic mass is 9.97. The highest BCUT2D eigenvalue weighted by Crippen LogP contribution is 2.30. The average Bonchev–Trinajstić information content (AvgIpc) is 2.32. The molecule has 0 saturated heterocycles. The van der Waals surface area contributed by atoms with Gasteiger partial charge in [0.05, 0.1) is 0 Å². The summed E-state index contributed by atoms with van der Waals surface area (Å²) in [7, 11) is 0. The molecular formula is C14H15ClN2O. The second kappa shape index (κ2) is 4.96. The van der Waals surface area contributed by atoms with E-state index < -0.39 is 6.10 Å². The number of pyridine rings is 1. The lowest BCUT2D eigenvalue weighted by molar-refractivity contribution is 0.220. The molecule has 0 aliphatic carbocycles. The van der Waals surface area contributed by atoms with Crippen LogP contribution in [-0.4, -0.2) is 10.1 Å². The molecule has 3 N–H and O–H groups in total. The molecule has 1 aromatic heterocycles. The van der Waals surface area contributed by atoms with E-state index in [1.54, 1.807) is 12.3 Å². The van der Waals surface area contributed by atoms with E-state index in [0.29, 0.717) is 22.0 Å². The predicted octanol–water partition coefficient (Wildman–Crippen LogP) is 3.02. The van der Waals surface area contributed by atoms with Gasteiger partial charge in [0.2, 0.25) is 0 Å². The molecule has 0 amide bonds. The molecule has 0 aliphatic heterocycles. The van der Waals surface area contributed by atoms with Gasteiger partial charge in [-0.1, -0.05) is 23.7 Å². The van der Waals surface area contributed by atoms with E-state index in [-0.39, 0.29) is 0 Å². The minimum atomic E-state index is -0.809. The normalized spacial score (nSPS) is 12.4. The van der Waals surface area contributed by atoms with Crippen LogP contribution in [0.5, 0.6) is 0 Å². The molecule has 0 saturated carbocycles. The maximum absolute atomic E-state index is 10.4. The van der Waals surface area contributed by atoms with Gasteiger partial charge in [-0.3, -0.25) is 0 Å². The summed E-state index contributed by atoms with van der Waals surface area (Å²) in [5.41, 5.74) is 9.06. The van der Waals surface area contributed by atoms with Crippen LogP contribution in [-0.2, 0) is 0 Å². The number of aromatic nitrogens is 1. The van der Waals surface area contributed by atoms with Crippen molar-refractivity contribution in [1.29, 1.82) is 0 Å². The van der Waals surface area contributed by atoms with Crippen LogP contribution in [0.3, 0.4) is 0 Å². The van der Waals surface area contributed by atoms with Gasteiger partial charge in [0, 0.05) is 16.8 Å². The Hall–Kier alpha value is -1.58. The van der Waals surface area contributed by atoms with E-state index in [4.69, 9.17) is 17.3 Å². The lowest BCUT2D eigenvalue weighted by Crippen LogP contribution is -2.07. The van der Waals surface area contributed by atoms with Crippen molar-refractivity contribution in [2.75, 3.05) is 5.73 Å². The predicted molar refractivity (Wildman–Crippen MR) is 73.6 cm³/mol. The molecule has 1 unspecified atom stereocenters. The number of anilines is 1. The highest BCUT2D eigenvalue weighted by atomic mass is 35.5. The first-order valence-corrected chi connectivity index (χ1v) is 6.03. The number of hydrogen-bond acceptors (Lipinski definition) is 3. The van der Waals surface area contributed by atoms with Gasteiger partial charge in [0.15, 0.2) is 0 Å². The van der Waals surface area contributed by atoms with Crippen molar-refractivity contribution in [3.63, 3.8) is 0 Å². The van der Waals surface area contributed by atoms with E-state index in [0.717, 1.165) is 11.1 Å². The maximum Gasteiger partial charge on any atom is 0.129 e. The number of nitrogen functional groups attached to an aromatic ring is 1. The molecule has 3 nitrogen and oxygen atoms in total. The standard InChI is InChI=1S/C14H15ClN2O/c1-8-3-4-10(7-11(8)15)13(18)12-9(2)5-6-17-14(12)16/h3-7,13,18H,1-2H3,(H2,16,17). The summed E-state index contributed by atoms with van der Waals surface area (Å²) in [5.74, 6) is 0.346. The Bertz CT molecular complexity index is 564. The Morgan fingerprint density at radius 2 is 1.94 bits per heavy atom. The van der Waals surface area contributed by atoms with E-state index >= 15 is 0 Å². The number of hydrogen-bond donors (Lipinski definition) is 2. The highest BCUT2D eigenvalue weighted by molar-refractivity contribution is 6.31. The van der Waals surface area contributed by atoms with Crippen LogP contribution in [0.4, 0.5) is 5.82 Å². The number of aliphatic hydroxyl groups excluding tert-OH is 1. The molecule has 1 aromatic carbocycles. The van der Waals surface area contributed by atoms with Gasteiger partial charge >= 0.3 is 0 Å². The van der Waals surface area contributed by atoms with E-state index in [2.05, 4.69) is 4.98 Å². The molecule has 1 atom stereocenters. The van der Waals surface area contributed by atoms with Crippen molar-refractivity contribution in [1.82, 2.24) is 4.98 Å². The van der Waals surface area contributed by atoms with Crippen molar-refractivity contribution in [2.45, 2.75) is 20.0 Å². The first-order valence-electron chi connectivity index (χ1n) is 5.66. The van der Waals surface area contributed by atoms with Gasteiger partial charge in [0.25, 0.3) is 0 Å². The van der Waals surface area contributed by atoms with Crippen molar-refractivity contribution < 1.29 is 5.11 Å². The summed E-state index contributed by atoms with van der Waals surface area (Å²) >= 11 is 6.07. The number of aryl methyl sites for hydroxylation is 2. The van der Waals surface area contributed by atoms with E-state index in [9.17, 15) is 5.11 Å². The topological polar surface area (TPSA) is 59.1 Å². The number of rotatable bonds is 2. The smallest absolute Gasteiger partial charge is 0.129 e. The molecular weight excluding hydrogens is 248 g/mol. The monoisotopic (exact) mass is 262 g/mol. The Morgan fingerprint density at radius 3 is 2.56 bits per heavy atom. The first-order chi connectivity index (χ1) is 8.50. The number of aliphatic hydroxyl groups is 1. The van der Waals surface area contributed by atoms with Crippen LogP contribution < -0.4 is 5.73 Å². The summed E-state index contributed by atoms with van der Waals surface area (Å²) in [6.45, 7) is 3.81. The third kappa shape index (κ3) is 2.33. The van der Waals surface area contributed by atoms with E-state index in [1.165, 1.54) is 0 Å². The van der Waals surface area contributed by atoms with Gasteiger partial charge in [-0.2, -0.15) is 0 Å². The fourth-order valence-electron chi connectivity index (χ4n) is 1.89. The minimum Gasteiger partial charge on any atom is -0.384 e. The summed E-state index contributed by atoms with van der Waals surface area (Å²) < 4.78 is 0. The number of benzene rings is 1. The summed E-state index contributed by atoms with van der Waals surface area (Å²) in [6, 6.07) is 7.30. The molecule has 0 bridgehead atoms. The minimum absolute atomic E-state index is 0.346. The van der Waals surface area contributed by atoms with Crippen molar-refractivity contribution in [2.24, 2.45) is 0 Å². The number of nitrogens with zero attached hydrogens (tertiary/aromatic N) is 1. The summed E-state index contributed by atoms with van der Waals surface area (Å²) in [4.78, 5) is 4.01. The van der Waals surface area contributed by atoms with Crippen LogP contribution in [0.2, 0.25) is 5.02 Å². The quantitative estimate of drug-likeness (QED) is 0.875. The zero-order chi connectivity index (χ0) is 13.3. The molecule has 0 radical (unpaired) electrons. The lowest BCUT2D eigenvalue weighted by Gasteiger charge is -2.16. The van der Waals surface area contributed by atoms with Crippen molar-refractivity contribution in [3.8, 4) is 0 Å². The summed E-state index contributed by atoms with van der Waals surface area (Å²) in [5, 5.41) is 11.0. The fraction of sp³-hybridized carbons (Fsp3) is 0.214. The van der Waals surface area contributed by atoms with Crippen LogP contribution in [0.15, 0.2) is 30.5 Å². The van der Waals surface area contributed by atoms with Gasteiger partial charge in [-0.05, 0) is 42.7 Å². The molecule has 4 heteroatoms. The third-order valence-corrected chi connectivity index (χ3v) is 3.43. The van der Waals surface area contributed by atoms with Crippen LogP contribution in [0.1, 0.15) is 28.4 Å². The molecule has 2 rings (SSSR count). The molecule has 2 aromatic rings. The average molecular weight is 263 g/mol. The Morgan fingerprint density at radius 1 is 1.22 bits per heavy atom. The SMILES string of the molecule is Cc1ccc(C(O)c2c(C)ccnc2N)cc1Cl. The second-order valence-corrected chi connectivity index (χ2v) is 4.75. The zero-order valence-electron chi connectivity index (χ0n) is 10.3. The maximum atomic E-state index is 10.4. The third-order valence-electron chi connectivity index (χ3n) is 3.02. The van der Waals surface area contributed by atoms with Gasteiger partial charge in [-0.15, -0.1) is 0 Å². The molecule has 0 spiro atoms. The van der Waals surface area contributed by atoms with Gasteiger partial charge < -0.3 is 10.8 Å². The largest absolute Gasteiger partial charge is 0.384 e. The van der Waals surface area contributed by atoms with E-state index in [1.807, 2.05) is 32.0 Å². The molecule has 1 heterocycles. The van der Waals surface area contributed by atoms with Gasteiger partial charge in [-0.25, -0.2) is 4.98 Å². The van der Waals surface area contributed by atoms with Gasteiger partial charge in [0.1, 0.15) is 11.9 Å². The fourth-order valence-corrected chi connectivity index (χ4v) is 2.08. The van der Waals surface area contributed by atoms with Crippen LogP contribution >= 0.6 is 11.6 Å². The van der Waals surface area contributed by atoms with Crippen molar-refractivity contribution >= 4 is 17.4 Å². The highest BCUT2D eigenvalue weighted by Gasteiger charge is 2.17. The Balaban J connectivity index is 2.48. The Labute approximate surface area is 111 Å². The molecule has 0 fully saturated rings. The molecule has 94 valence electrons. The number of halogens is 1. The molecule has 18 heavy (non-hydrogen) atoms. The first kappa shape index (κ1) is 12.9. The number of nitrogens with two attached hydrogens (primary N) is 1. The zero-order valence-corrected chi connectivity index (χ0v) is 11.1. The van der Waals surface area contributed by atoms with Crippen molar-refractivity contribution in [3.05, 3.63) is 57.7 Å². The summed E-state index contributed by atoms with van der Waals surface area (Å²) in [6.07, 6.45) is 0.819. The second-order valence-electron chi connectivity index (χ2n) is 4.34.